The number of anilines is 1. The molecule has 1 aliphatic heterocycles. The topological polar surface area (TPSA) is 102 Å². The average Bonchev–Trinajstić information content (AvgIpc) is 3.14. The zero-order valence-electron chi connectivity index (χ0n) is 13.0. The van der Waals surface area contributed by atoms with E-state index in [4.69, 9.17) is 14.4 Å². The molecule has 1 N–H and O–H groups in total. The summed E-state index contributed by atoms with van der Waals surface area (Å²) >= 11 is 0. The molecule has 23 heavy (non-hydrogen) atoms. The molecule has 2 atom stereocenters. The first kappa shape index (κ1) is 15.4. The fraction of sp³-hybridized carbons (Fsp3) is 0.467. The van der Waals surface area contributed by atoms with Gasteiger partial charge in [-0.05, 0) is 19.1 Å². The minimum Gasteiger partial charge on any atom is -0.476 e. The van der Waals surface area contributed by atoms with Gasteiger partial charge < -0.3 is 19.3 Å². The minimum atomic E-state index is -1.08. The van der Waals surface area contributed by atoms with Crippen molar-refractivity contribution in [1.82, 2.24) is 15.4 Å². The first-order valence-electron chi connectivity index (χ1n) is 7.33. The molecule has 3 heterocycles. The number of carbonyl (C=O) groups is 1. The Morgan fingerprint density at radius 2 is 2.26 bits per heavy atom. The lowest BCUT2D eigenvalue weighted by molar-refractivity contribution is 0.0689. The molecule has 8 heteroatoms. The first-order chi connectivity index (χ1) is 11.1. The molecule has 122 valence electrons. The minimum absolute atomic E-state index is 0.0429. The van der Waals surface area contributed by atoms with Crippen LogP contribution in [-0.2, 0) is 11.2 Å². The molecule has 0 bridgehead atoms. The smallest absolute Gasteiger partial charge is 0.356 e. The summed E-state index contributed by atoms with van der Waals surface area (Å²) < 4.78 is 10.9. The van der Waals surface area contributed by atoms with Gasteiger partial charge >= 0.3 is 5.97 Å². The Hall–Kier alpha value is -2.48. The summed E-state index contributed by atoms with van der Waals surface area (Å²) in [6, 6.07) is 5.06. The van der Waals surface area contributed by atoms with E-state index in [1.807, 2.05) is 17.9 Å². The highest BCUT2D eigenvalue weighted by Gasteiger charge is 2.34. The fourth-order valence-electron chi connectivity index (χ4n) is 2.87. The predicted molar refractivity (Wildman–Crippen MR) is 80.4 cm³/mol. The lowest BCUT2D eigenvalue weighted by atomic mass is 10.0. The van der Waals surface area contributed by atoms with Crippen LogP contribution in [0.4, 0.5) is 5.82 Å². The normalized spacial score (nSPS) is 20.9. The Morgan fingerprint density at radius 3 is 2.83 bits per heavy atom. The van der Waals surface area contributed by atoms with Crippen LogP contribution in [0.15, 0.2) is 22.7 Å². The molecule has 2 aromatic heterocycles. The van der Waals surface area contributed by atoms with Crippen LogP contribution in [0.2, 0.25) is 0 Å². The molecule has 3 rings (SSSR count). The highest BCUT2D eigenvalue weighted by molar-refractivity contribution is 5.85. The molecular formula is C15H18N4O4. The number of rotatable bonds is 5. The van der Waals surface area contributed by atoms with Crippen molar-refractivity contribution in [3.8, 4) is 0 Å². The molecule has 2 aromatic rings. The number of hydrogen-bond donors (Lipinski definition) is 1. The van der Waals surface area contributed by atoms with Crippen molar-refractivity contribution in [1.29, 1.82) is 0 Å². The van der Waals surface area contributed by atoms with Crippen molar-refractivity contribution in [2.75, 3.05) is 25.1 Å². The van der Waals surface area contributed by atoms with E-state index in [1.165, 1.54) is 6.07 Å². The zero-order chi connectivity index (χ0) is 16.4. The van der Waals surface area contributed by atoms with Gasteiger partial charge in [0.15, 0.2) is 11.5 Å². The molecule has 0 aromatic carbocycles. The Bertz CT molecular complexity index is 685. The number of nitrogens with zero attached hydrogens (tertiary/aromatic N) is 4. The maximum absolute atomic E-state index is 10.8. The van der Waals surface area contributed by atoms with Gasteiger partial charge in [0.1, 0.15) is 5.76 Å². The Balaban J connectivity index is 1.71. The van der Waals surface area contributed by atoms with Crippen molar-refractivity contribution in [3.63, 3.8) is 0 Å². The number of methoxy groups -OCH3 is 1. The SMILES string of the molecule is CO[C@H]1CN(c2ccc(C(=O)O)nn2)C[C@H]1Cc1cc(C)no1. The number of carboxylic acids is 1. The molecule has 0 radical (unpaired) electrons. The lowest BCUT2D eigenvalue weighted by Crippen LogP contribution is -2.24. The monoisotopic (exact) mass is 318 g/mol. The van der Waals surface area contributed by atoms with Gasteiger partial charge in [0.2, 0.25) is 0 Å². The van der Waals surface area contributed by atoms with Crippen LogP contribution in [-0.4, -0.2) is 52.7 Å². The number of aryl methyl sites for hydroxylation is 1. The molecule has 1 saturated heterocycles. The Kier molecular flexibility index (Phi) is 4.24. The summed E-state index contributed by atoms with van der Waals surface area (Å²) in [5, 5.41) is 20.5. The van der Waals surface area contributed by atoms with Crippen molar-refractivity contribution >= 4 is 11.8 Å². The van der Waals surface area contributed by atoms with E-state index in [1.54, 1.807) is 13.2 Å². The van der Waals surface area contributed by atoms with Crippen LogP contribution >= 0.6 is 0 Å². The third-order valence-corrected chi connectivity index (χ3v) is 4.02. The average molecular weight is 318 g/mol. The third-order valence-electron chi connectivity index (χ3n) is 4.02. The van der Waals surface area contributed by atoms with Crippen LogP contribution in [0.5, 0.6) is 0 Å². The van der Waals surface area contributed by atoms with Crippen molar-refractivity contribution < 1.29 is 19.2 Å². The van der Waals surface area contributed by atoms with Gasteiger partial charge in [0.05, 0.1) is 11.8 Å². The second kappa shape index (κ2) is 6.33. The largest absolute Gasteiger partial charge is 0.476 e. The molecule has 0 amide bonds. The standard InChI is InChI=1S/C15H18N4O4/c1-9-5-11(23-18-9)6-10-7-19(8-13(10)22-2)14-4-3-12(15(20)21)16-17-14/h3-5,10,13H,6-8H2,1-2H3,(H,20,21)/t10-,13+/m1/s1. The summed E-state index contributed by atoms with van der Waals surface area (Å²) in [7, 11) is 1.69. The van der Waals surface area contributed by atoms with Crippen LogP contribution in [0.3, 0.4) is 0 Å². The van der Waals surface area contributed by atoms with Gasteiger partial charge in [-0.3, -0.25) is 0 Å². The molecule has 1 fully saturated rings. The number of carboxylic acid groups (broad SMARTS) is 1. The van der Waals surface area contributed by atoms with Crippen molar-refractivity contribution in [2.45, 2.75) is 19.4 Å². The van der Waals surface area contributed by atoms with Gasteiger partial charge in [-0.15, -0.1) is 10.2 Å². The van der Waals surface area contributed by atoms with E-state index < -0.39 is 5.97 Å². The highest BCUT2D eigenvalue weighted by Crippen LogP contribution is 2.27. The van der Waals surface area contributed by atoms with Gasteiger partial charge in [0.25, 0.3) is 0 Å². The summed E-state index contributed by atoms with van der Waals surface area (Å²) in [5.41, 5.74) is 0.795. The van der Waals surface area contributed by atoms with Crippen LogP contribution in [0.25, 0.3) is 0 Å². The van der Waals surface area contributed by atoms with Crippen LogP contribution < -0.4 is 4.90 Å². The van der Waals surface area contributed by atoms with E-state index >= 15 is 0 Å². The second-order valence-electron chi connectivity index (χ2n) is 5.66. The first-order valence-corrected chi connectivity index (χ1v) is 7.33. The summed E-state index contributed by atoms with van der Waals surface area (Å²) in [5.74, 6) is 0.643. The molecule has 0 unspecified atom stereocenters. The number of hydrogen-bond acceptors (Lipinski definition) is 7. The molecule has 0 aliphatic carbocycles. The molecule has 0 saturated carbocycles. The van der Waals surface area contributed by atoms with Gasteiger partial charge in [-0.1, -0.05) is 5.16 Å². The van der Waals surface area contributed by atoms with Crippen LogP contribution in [0.1, 0.15) is 21.9 Å². The lowest BCUT2D eigenvalue weighted by Gasteiger charge is -2.16. The summed E-state index contributed by atoms with van der Waals surface area (Å²) in [6.07, 6.45) is 0.776. The fourth-order valence-corrected chi connectivity index (χ4v) is 2.87. The van der Waals surface area contributed by atoms with Crippen molar-refractivity contribution in [2.24, 2.45) is 5.92 Å². The zero-order valence-corrected chi connectivity index (χ0v) is 13.0. The molecular weight excluding hydrogens is 300 g/mol. The van der Waals surface area contributed by atoms with Gasteiger partial charge in [-0.2, -0.15) is 0 Å². The number of aromatic carboxylic acids is 1. The van der Waals surface area contributed by atoms with E-state index in [0.717, 1.165) is 24.4 Å². The maximum atomic E-state index is 10.8. The second-order valence-corrected chi connectivity index (χ2v) is 5.66. The van der Waals surface area contributed by atoms with Gasteiger partial charge in [-0.25, -0.2) is 4.79 Å². The quantitative estimate of drug-likeness (QED) is 0.876. The van der Waals surface area contributed by atoms with Gasteiger partial charge in [0, 0.05) is 38.6 Å². The third kappa shape index (κ3) is 3.31. The number of ether oxygens (including phenoxy) is 1. The highest BCUT2D eigenvalue weighted by atomic mass is 16.5. The van der Waals surface area contributed by atoms with E-state index in [-0.39, 0.29) is 17.7 Å². The van der Waals surface area contributed by atoms with Crippen LogP contribution in [0, 0.1) is 12.8 Å². The van der Waals surface area contributed by atoms with E-state index in [2.05, 4.69) is 15.4 Å². The molecule has 8 nitrogen and oxygen atoms in total. The van der Waals surface area contributed by atoms with E-state index in [9.17, 15) is 4.79 Å². The predicted octanol–water partition coefficient (Wildman–Crippen LogP) is 1.17. The van der Waals surface area contributed by atoms with E-state index in [0.29, 0.717) is 12.4 Å². The summed E-state index contributed by atoms with van der Waals surface area (Å²) in [4.78, 5) is 12.9. The maximum Gasteiger partial charge on any atom is 0.356 e. The summed E-state index contributed by atoms with van der Waals surface area (Å²) in [6.45, 7) is 3.30. The molecule has 0 spiro atoms. The Morgan fingerprint density at radius 1 is 1.43 bits per heavy atom. The number of aromatic nitrogens is 3. The Labute approximate surface area is 133 Å². The molecule has 1 aliphatic rings. The van der Waals surface area contributed by atoms with Crippen molar-refractivity contribution in [3.05, 3.63) is 35.3 Å².